The highest BCUT2D eigenvalue weighted by Crippen LogP contribution is 2.44. The second kappa shape index (κ2) is 14.5. The number of nitrogens with zero attached hydrogens (tertiary/aromatic N) is 1. The van der Waals surface area contributed by atoms with E-state index in [2.05, 4.69) is 11.9 Å². The molecular weight excluding hydrogens is 473 g/mol. The zero-order chi connectivity index (χ0) is 25.1. The topological polar surface area (TPSA) is 65.0 Å². The number of carbonyl (C=O) groups excluding carboxylic acids is 2. The Morgan fingerprint density at radius 3 is 2.24 bits per heavy atom. The molecule has 0 saturated heterocycles. The lowest BCUT2D eigenvalue weighted by Gasteiger charge is -2.32. The van der Waals surface area contributed by atoms with Gasteiger partial charge in [-0.1, -0.05) is 87.2 Å². The first-order chi connectivity index (χ1) is 16.3. The summed E-state index contributed by atoms with van der Waals surface area (Å²) in [4.78, 5) is 30.7. The van der Waals surface area contributed by atoms with E-state index >= 15 is 0 Å². The average molecular weight is 511 g/mol. The third-order valence-corrected chi connectivity index (χ3v) is 6.97. The molecule has 0 saturated carbocycles. The summed E-state index contributed by atoms with van der Waals surface area (Å²) in [5.74, 6) is -2.41. The van der Waals surface area contributed by atoms with Gasteiger partial charge in [-0.3, -0.25) is 9.79 Å². The Hall–Kier alpha value is -1.85. The van der Waals surface area contributed by atoms with Crippen molar-refractivity contribution in [2.24, 2.45) is 10.9 Å². The van der Waals surface area contributed by atoms with E-state index in [9.17, 15) is 9.59 Å². The summed E-state index contributed by atoms with van der Waals surface area (Å²) in [6.45, 7) is 8.02. The first-order valence-corrected chi connectivity index (χ1v) is 13.1. The lowest BCUT2D eigenvalue weighted by Crippen LogP contribution is -2.36. The summed E-state index contributed by atoms with van der Waals surface area (Å²) in [6.07, 6.45) is 9.25. The number of halogens is 2. The summed E-state index contributed by atoms with van der Waals surface area (Å²) >= 11 is 12.8. The minimum absolute atomic E-state index is 0.222. The van der Waals surface area contributed by atoms with Crippen molar-refractivity contribution in [3.05, 3.63) is 45.1 Å². The molecule has 0 radical (unpaired) electrons. The third kappa shape index (κ3) is 7.58. The quantitative estimate of drug-likeness (QED) is 0.202. The van der Waals surface area contributed by atoms with E-state index in [0.29, 0.717) is 39.2 Å². The molecular formula is C27H37Cl2NO4. The number of benzene rings is 1. The van der Waals surface area contributed by atoms with Crippen molar-refractivity contribution in [1.29, 1.82) is 0 Å². The van der Waals surface area contributed by atoms with Crippen LogP contribution in [0.4, 0.5) is 0 Å². The van der Waals surface area contributed by atoms with Crippen LogP contribution in [0.15, 0.2) is 34.5 Å². The molecule has 1 heterocycles. The van der Waals surface area contributed by atoms with Crippen molar-refractivity contribution in [1.82, 2.24) is 0 Å². The number of aliphatic imine (C=N–C) groups is 1. The Labute approximate surface area is 213 Å². The number of unbranched alkanes of at least 4 members (excludes halogenated alkanes) is 7. The number of rotatable bonds is 13. The summed E-state index contributed by atoms with van der Waals surface area (Å²) in [6, 6.07) is 5.21. The fourth-order valence-electron chi connectivity index (χ4n) is 4.41. The van der Waals surface area contributed by atoms with Crippen molar-refractivity contribution in [3.8, 4) is 0 Å². The maximum Gasteiger partial charge on any atom is 0.336 e. The van der Waals surface area contributed by atoms with Gasteiger partial charge in [0.15, 0.2) is 0 Å². The number of ether oxygens (including phenoxy) is 2. The van der Waals surface area contributed by atoms with Crippen LogP contribution in [0.25, 0.3) is 0 Å². The first kappa shape index (κ1) is 28.4. The molecule has 1 aromatic rings. The van der Waals surface area contributed by atoms with Crippen LogP contribution < -0.4 is 0 Å². The minimum atomic E-state index is -0.787. The molecule has 2 unspecified atom stereocenters. The fourth-order valence-corrected chi connectivity index (χ4v) is 4.84. The monoisotopic (exact) mass is 509 g/mol. The Balaban J connectivity index is 2.18. The second-order valence-electron chi connectivity index (χ2n) is 8.71. The lowest BCUT2D eigenvalue weighted by molar-refractivity contribution is -0.146. The van der Waals surface area contributed by atoms with Gasteiger partial charge in [0.1, 0.15) is 5.92 Å². The highest BCUT2D eigenvalue weighted by molar-refractivity contribution is 6.42. The zero-order valence-electron chi connectivity index (χ0n) is 20.8. The van der Waals surface area contributed by atoms with E-state index in [4.69, 9.17) is 32.7 Å². The van der Waals surface area contributed by atoms with Crippen molar-refractivity contribution in [3.63, 3.8) is 0 Å². The number of carbonyl (C=O) groups is 2. The highest BCUT2D eigenvalue weighted by atomic mass is 35.5. The maximum atomic E-state index is 13.3. The molecule has 0 aromatic heterocycles. The van der Waals surface area contributed by atoms with E-state index in [1.807, 2.05) is 0 Å². The Morgan fingerprint density at radius 2 is 1.59 bits per heavy atom. The molecule has 1 aliphatic rings. The van der Waals surface area contributed by atoms with Gasteiger partial charge in [0, 0.05) is 17.3 Å². The van der Waals surface area contributed by atoms with E-state index in [-0.39, 0.29) is 6.61 Å². The summed E-state index contributed by atoms with van der Waals surface area (Å²) in [5, 5.41) is 0.658. The molecule has 2 rings (SSSR count). The van der Waals surface area contributed by atoms with E-state index in [0.717, 1.165) is 19.3 Å². The highest BCUT2D eigenvalue weighted by Gasteiger charge is 2.43. The van der Waals surface area contributed by atoms with Gasteiger partial charge in [-0.25, -0.2) is 4.79 Å². The SMILES string of the molecule is CCCCCCCCCCOC(=O)C1=C(C)N=C(C)C(C(=O)OCC)C1c1cccc(Cl)c1Cl. The minimum Gasteiger partial charge on any atom is -0.465 e. The van der Waals surface area contributed by atoms with Gasteiger partial charge in [-0.15, -0.1) is 0 Å². The second-order valence-corrected chi connectivity index (χ2v) is 9.50. The third-order valence-electron chi connectivity index (χ3n) is 6.14. The predicted molar refractivity (Wildman–Crippen MR) is 139 cm³/mol. The smallest absolute Gasteiger partial charge is 0.336 e. The van der Waals surface area contributed by atoms with Crippen molar-refractivity contribution < 1.29 is 19.1 Å². The van der Waals surface area contributed by atoms with E-state index in [1.54, 1.807) is 39.0 Å². The summed E-state index contributed by atoms with van der Waals surface area (Å²) < 4.78 is 11.0. The van der Waals surface area contributed by atoms with Crippen molar-refractivity contribution in [2.75, 3.05) is 13.2 Å². The molecule has 0 amide bonds. The molecule has 34 heavy (non-hydrogen) atoms. The van der Waals surface area contributed by atoms with E-state index < -0.39 is 23.8 Å². The molecule has 0 N–H and O–H groups in total. The van der Waals surface area contributed by atoms with Crippen molar-refractivity contribution >= 4 is 40.9 Å². The van der Waals surface area contributed by atoms with Crippen LogP contribution in [0.1, 0.15) is 90.5 Å². The van der Waals surface area contributed by atoms with Gasteiger partial charge in [0.25, 0.3) is 0 Å². The van der Waals surface area contributed by atoms with Gasteiger partial charge in [0.05, 0.1) is 28.8 Å². The molecule has 0 fully saturated rings. The number of hydrogen-bond donors (Lipinski definition) is 0. The largest absolute Gasteiger partial charge is 0.465 e. The molecule has 5 nitrogen and oxygen atoms in total. The van der Waals surface area contributed by atoms with Crippen LogP contribution in [0.2, 0.25) is 10.0 Å². The summed E-state index contributed by atoms with van der Waals surface area (Å²) in [5.41, 5.74) is 1.99. The lowest BCUT2D eigenvalue weighted by atomic mass is 9.75. The number of hydrogen-bond acceptors (Lipinski definition) is 5. The standard InChI is InChI=1S/C27H37Cl2NO4/c1-5-7-8-9-10-11-12-13-17-34-27(32)23-19(4)30-18(3)22(26(31)33-6-2)24(23)20-15-14-16-21(28)25(20)29/h14-16,22,24H,5-13,17H2,1-4H3. The van der Waals surface area contributed by atoms with Crippen LogP contribution in [0.3, 0.4) is 0 Å². The van der Waals surface area contributed by atoms with Gasteiger partial charge in [-0.2, -0.15) is 0 Å². The Bertz CT molecular complexity index is 910. The molecule has 7 heteroatoms. The molecule has 0 spiro atoms. The molecule has 0 aliphatic carbocycles. The van der Waals surface area contributed by atoms with Gasteiger partial charge < -0.3 is 9.47 Å². The van der Waals surface area contributed by atoms with Gasteiger partial charge >= 0.3 is 11.9 Å². The predicted octanol–water partition coefficient (Wildman–Crippen LogP) is 7.69. The zero-order valence-corrected chi connectivity index (χ0v) is 22.3. The first-order valence-electron chi connectivity index (χ1n) is 12.4. The van der Waals surface area contributed by atoms with Crippen molar-refractivity contribution in [2.45, 2.75) is 85.0 Å². The molecule has 188 valence electrons. The van der Waals surface area contributed by atoms with Crippen LogP contribution in [-0.2, 0) is 19.1 Å². The fraction of sp³-hybridized carbons (Fsp3) is 0.593. The number of esters is 2. The molecule has 1 aromatic carbocycles. The van der Waals surface area contributed by atoms with Gasteiger partial charge in [-0.05, 0) is 38.8 Å². The molecule has 0 bridgehead atoms. The summed E-state index contributed by atoms with van der Waals surface area (Å²) in [7, 11) is 0. The van der Waals surface area contributed by atoms with Crippen LogP contribution >= 0.6 is 23.2 Å². The van der Waals surface area contributed by atoms with Crippen LogP contribution in [0, 0.1) is 5.92 Å². The average Bonchev–Trinajstić information content (AvgIpc) is 2.79. The van der Waals surface area contributed by atoms with Crippen LogP contribution in [0.5, 0.6) is 0 Å². The normalized spacial score (nSPS) is 18.0. The van der Waals surface area contributed by atoms with E-state index in [1.165, 1.54) is 32.1 Å². The Kier molecular flexibility index (Phi) is 12.1. The number of allylic oxidation sites excluding steroid dienone is 1. The Morgan fingerprint density at radius 1 is 0.941 bits per heavy atom. The maximum absolute atomic E-state index is 13.3. The van der Waals surface area contributed by atoms with Gasteiger partial charge in [0.2, 0.25) is 0 Å². The van der Waals surface area contributed by atoms with Crippen LogP contribution in [-0.4, -0.2) is 30.9 Å². The molecule has 1 aliphatic heterocycles. The molecule has 2 atom stereocenters.